The van der Waals surface area contributed by atoms with E-state index in [0.717, 1.165) is 0 Å². The molecule has 0 saturated carbocycles. The smallest absolute Gasteiger partial charge is 0.0108 e. The van der Waals surface area contributed by atoms with Gasteiger partial charge in [-0.15, -0.1) is 0 Å². The van der Waals surface area contributed by atoms with Crippen molar-refractivity contribution in [1.29, 1.82) is 0 Å². The lowest BCUT2D eigenvalue weighted by molar-refractivity contribution is 0.199. The Bertz CT molecular complexity index is 289. The number of hydrogen-bond acceptors (Lipinski definition) is 0. The van der Waals surface area contributed by atoms with E-state index in [1.54, 1.807) is 0 Å². The fraction of sp³-hybridized carbons (Fsp3) is 0.647. The van der Waals surface area contributed by atoms with Crippen LogP contribution in [0.25, 0.3) is 0 Å². The summed E-state index contributed by atoms with van der Waals surface area (Å²) >= 11 is 0. The molecule has 0 spiro atoms. The SMILES string of the molecule is C=C/C=C(\C=C/C)C(CC(C)(C)C)C(C)(C)C. The number of rotatable bonds is 4. The third kappa shape index (κ3) is 6.51. The van der Waals surface area contributed by atoms with Gasteiger partial charge in [-0.25, -0.2) is 0 Å². The van der Waals surface area contributed by atoms with Crippen LogP contribution in [-0.4, -0.2) is 0 Å². The zero-order chi connectivity index (χ0) is 13.7. The van der Waals surface area contributed by atoms with Crippen LogP contribution in [0.15, 0.2) is 36.5 Å². The number of allylic oxidation sites excluding steroid dienone is 5. The summed E-state index contributed by atoms with van der Waals surface area (Å²) in [7, 11) is 0. The van der Waals surface area contributed by atoms with Crippen LogP contribution in [0.2, 0.25) is 0 Å². The highest BCUT2D eigenvalue weighted by molar-refractivity contribution is 5.27. The van der Waals surface area contributed by atoms with E-state index in [2.05, 4.69) is 73.3 Å². The molecule has 0 nitrogen and oxygen atoms in total. The average Bonchev–Trinajstić information content (AvgIpc) is 2.11. The van der Waals surface area contributed by atoms with Gasteiger partial charge in [0.2, 0.25) is 0 Å². The maximum atomic E-state index is 3.83. The molecule has 1 atom stereocenters. The minimum atomic E-state index is 0.279. The lowest BCUT2D eigenvalue weighted by atomic mass is 9.68. The summed E-state index contributed by atoms with van der Waals surface area (Å²) in [5.74, 6) is 0.566. The van der Waals surface area contributed by atoms with Crippen LogP contribution in [0.5, 0.6) is 0 Å². The molecule has 0 aliphatic heterocycles. The predicted molar refractivity (Wildman–Crippen MR) is 80.1 cm³/mol. The molecule has 1 unspecified atom stereocenters. The molecule has 0 amide bonds. The molecule has 0 aromatic carbocycles. The predicted octanol–water partition coefficient (Wildman–Crippen LogP) is 5.77. The molecule has 0 saturated heterocycles. The lowest BCUT2D eigenvalue weighted by Gasteiger charge is -2.36. The van der Waals surface area contributed by atoms with Crippen molar-refractivity contribution in [2.75, 3.05) is 0 Å². The molecule has 0 aromatic heterocycles. The van der Waals surface area contributed by atoms with Gasteiger partial charge in [0.1, 0.15) is 0 Å². The van der Waals surface area contributed by atoms with Crippen molar-refractivity contribution >= 4 is 0 Å². The summed E-state index contributed by atoms with van der Waals surface area (Å²) in [5, 5.41) is 0. The molecule has 0 heteroatoms. The van der Waals surface area contributed by atoms with Crippen molar-refractivity contribution in [3.8, 4) is 0 Å². The standard InChI is InChI=1S/C17H30/c1-9-11-14(12-10-2)15(17(6,7)8)13-16(3,4)5/h9-12,15H,1,13H2,2-8H3/b12-10-,14-11+. The first kappa shape index (κ1) is 16.2. The summed E-state index contributed by atoms with van der Waals surface area (Å²) in [6.45, 7) is 19.8. The van der Waals surface area contributed by atoms with Gasteiger partial charge < -0.3 is 0 Å². The average molecular weight is 234 g/mol. The fourth-order valence-corrected chi connectivity index (χ4v) is 2.15. The zero-order valence-electron chi connectivity index (χ0n) is 12.8. The monoisotopic (exact) mass is 234 g/mol. The van der Waals surface area contributed by atoms with E-state index in [1.165, 1.54) is 12.0 Å². The fourth-order valence-electron chi connectivity index (χ4n) is 2.15. The topological polar surface area (TPSA) is 0 Å². The molecule has 0 radical (unpaired) electrons. The second-order valence-electron chi connectivity index (χ2n) is 7.09. The summed E-state index contributed by atoms with van der Waals surface area (Å²) in [6, 6.07) is 0. The first-order chi connectivity index (χ1) is 7.61. The van der Waals surface area contributed by atoms with Crippen molar-refractivity contribution in [1.82, 2.24) is 0 Å². The highest BCUT2D eigenvalue weighted by Gasteiger charge is 2.30. The van der Waals surface area contributed by atoms with Crippen LogP contribution in [0.3, 0.4) is 0 Å². The molecular formula is C17H30. The first-order valence-electron chi connectivity index (χ1n) is 6.57. The van der Waals surface area contributed by atoms with Gasteiger partial charge in [0.15, 0.2) is 0 Å². The van der Waals surface area contributed by atoms with Gasteiger partial charge in [0.05, 0.1) is 0 Å². The second-order valence-corrected chi connectivity index (χ2v) is 7.09. The van der Waals surface area contributed by atoms with Gasteiger partial charge in [0, 0.05) is 0 Å². The van der Waals surface area contributed by atoms with Gasteiger partial charge in [0.25, 0.3) is 0 Å². The molecule has 0 fully saturated rings. The first-order valence-corrected chi connectivity index (χ1v) is 6.57. The summed E-state index contributed by atoms with van der Waals surface area (Å²) in [5.41, 5.74) is 2.02. The van der Waals surface area contributed by atoms with Crippen molar-refractivity contribution in [3.05, 3.63) is 36.5 Å². The third-order valence-electron chi connectivity index (χ3n) is 2.93. The van der Waals surface area contributed by atoms with Crippen LogP contribution in [0.1, 0.15) is 54.9 Å². The molecule has 0 aromatic rings. The van der Waals surface area contributed by atoms with E-state index in [0.29, 0.717) is 11.3 Å². The van der Waals surface area contributed by atoms with Crippen LogP contribution in [0.4, 0.5) is 0 Å². The van der Waals surface area contributed by atoms with Gasteiger partial charge in [-0.05, 0) is 35.7 Å². The van der Waals surface area contributed by atoms with Crippen molar-refractivity contribution < 1.29 is 0 Å². The van der Waals surface area contributed by atoms with E-state index in [1.807, 2.05) is 6.08 Å². The van der Waals surface area contributed by atoms with Crippen LogP contribution >= 0.6 is 0 Å². The van der Waals surface area contributed by atoms with E-state index in [-0.39, 0.29) is 5.41 Å². The molecule has 0 aliphatic carbocycles. The van der Waals surface area contributed by atoms with E-state index in [9.17, 15) is 0 Å². The highest BCUT2D eigenvalue weighted by atomic mass is 14.3. The molecule has 0 bridgehead atoms. The van der Waals surface area contributed by atoms with Gasteiger partial charge >= 0.3 is 0 Å². The van der Waals surface area contributed by atoms with Crippen molar-refractivity contribution in [2.24, 2.45) is 16.7 Å². The van der Waals surface area contributed by atoms with E-state index < -0.39 is 0 Å². The minimum Gasteiger partial charge on any atom is -0.0991 e. The van der Waals surface area contributed by atoms with Gasteiger partial charge in [-0.2, -0.15) is 0 Å². The summed E-state index contributed by atoms with van der Waals surface area (Å²) in [4.78, 5) is 0. The summed E-state index contributed by atoms with van der Waals surface area (Å²) in [6.07, 6.45) is 9.60. The quantitative estimate of drug-likeness (QED) is 0.541. The number of hydrogen-bond donors (Lipinski definition) is 0. The lowest BCUT2D eigenvalue weighted by Crippen LogP contribution is -2.26. The Morgan fingerprint density at radius 2 is 1.65 bits per heavy atom. The Morgan fingerprint density at radius 1 is 1.12 bits per heavy atom. The largest absolute Gasteiger partial charge is 0.0991 e. The normalized spacial score (nSPS) is 16.3. The third-order valence-corrected chi connectivity index (χ3v) is 2.93. The highest BCUT2D eigenvalue weighted by Crippen LogP contribution is 2.40. The minimum absolute atomic E-state index is 0.279. The Hall–Kier alpha value is -0.780. The molecule has 0 aliphatic rings. The molecule has 0 rings (SSSR count). The van der Waals surface area contributed by atoms with Crippen LogP contribution in [-0.2, 0) is 0 Å². The molecule has 0 N–H and O–H groups in total. The maximum Gasteiger partial charge on any atom is -0.0108 e. The van der Waals surface area contributed by atoms with Crippen molar-refractivity contribution in [2.45, 2.75) is 54.9 Å². The van der Waals surface area contributed by atoms with Gasteiger partial charge in [-0.3, -0.25) is 0 Å². The molecule has 0 heterocycles. The van der Waals surface area contributed by atoms with E-state index >= 15 is 0 Å². The van der Waals surface area contributed by atoms with Gasteiger partial charge in [-0.1, -0.05) is 72.4 Å². The Balaban J connectivity index is 5.29. The maximum absolute atomic E-state index is 3.83. The second kappa shape index (κ2) is 6.23. The van der Waals surface area contributed by atoms with Crippen LogP contribution in [0, 0.1) is 16.7 Å². The summed E-state index contributed by atoms with van der Waals surface area (Å²) < 4.78 is 0. The Labute approximate surface area is 109 Å². The molecular weight excluding hydrogens is 204 g/mol. The van der Waals surface area contributed by atoms with Crippen molar-refractivity contribution in [3.63, 3.8) is 0 Å². The Kier molecular flexibility index (Phi) is 5.95. The van der Waals surface area contributed by atoms with Crippen LogP contribution < -0.4 is 0 Å². The van der Waals surface area contributed by atoms with E-state index in [4.69, 9.17) is 0 Å². The zero-order valence-corrected chi connectivity index (χ0v) is 12.8. The molecule has 98 valence electrons. The Morgan fingerprint density at radius 3 is 1.94 bits per heavy atom. The molecule has 17 heavy (non-hydrogen) atoms.